The average Bonchev–Trinajstić information content (AvgIpc) is 3.18. The van der Waals surface area contributed by atoms with Gasteiger partial charge in [0.25, 0.3) is 5.91 Å². The number of ether oxygens (including phenoxy) is 2. The fourth-order valence-electron chi connectivity index (χ4n) is 2.35. The van der Waals surface area contributed by atoms with Crippen LogP contribution in [0.15, 0.2) is 53.1 Å². The number of carbonyl (C=O) groups is 1. The van der Waals surface area contributed by atoms with E-state index in [0.717, 1.165) is 11.3 Å². The van der Waals surface area contributed by atoms with Crippen LogP contribution in [-0.2, 0) is 0 Å². The molecule has 3 rings (SSSR count). The lowest BCUT2D eigenvalue weighted by Crippen LogP contribution is -2.26. The number of benzene rings is 2. The lowest BCUT2D eigenvalue weighted by Gasteiger charge is -2.10. The van der Waals surface area contributed by atoms with E-state index in [0.29, 0.717) is 23.0 Å². The molecule has 0 saturated carbocycles. The van der Waals surface area contributed by atoms with Crippen molar-refractivity contribution in [2.75, 3.05) is 14.2 Å². The first-order chi connectivity index (χ1) is 12.6. The van der Waals surface area contributed by atoms with Gasteiger partial charge in [-0.2, -0.15) is 4.98 Å². The molecule has 134 valence electrons. The van der Waals surface area contributed by atoms with Crippen LogP contribution in [0.3, 0.4) is 0 Å². The number of hydrogen-bond donors (Lipinski definition) is 1. The van der Waals surface area contributed by atoms with Crippen LogP contribution in [0.4, 0.5) is 0 Å². The Morgan fingerprint density at radius 1 is 1.00 bits per heavy atom. The van der Waals surface area contributed by atoms with Crippen molar-refractivity contribution in [3.63, 3.8) is 0 Å². The van der Waals surface area contributed by atoms with Gasteiger partial charge in [-0.3, -0.25) is 4.79 Å². The van der Waals surface area contributed by atoms with Crippen molar-refractivity contribution in [3.8, 4) is 22.9 Å². The predicted octanol–water partition coefficient (Wildman–Crippen LogP) is 3.24. The molecular formula is C19H19N3O4. The smallest absolute Gasteiger partial charge is 0.251 e. The zero-order valence-corrected chi connectivity index (χ0v) is 14.7. The number of amides is 1. The molecule has 2 aromatic carbocycles. The van der Waals surface area contributed by atoms with Crippen molar-refractivity contribution in [2.24, 2.45) is 0 Å². The molecule has 0 spiro atoms. The lowest BCUT2D eigenvalue weighted by molar-refractivity contribution is 0.0932. The summed E-state index contributed by atoms with van der Waals surface area (Å²) in [6.07, 6.45) is 0. The number of rotatable bonds is 6. The first-order valence-electron chi connectivity index (χ1n) is 8.03. The second-order valence-corrected chi connectivity index (χ2v) is 5.61. The van der Waals surface area contributed by atoms with Gasteiger partial charge in [0.05, 0.1) is 14.2 Å². The highest BCUT2D eigenvalue weighted by Crippen LogP contribution is 2.21. The molecule has 0 aliphatic carbocycles. The van der Waals surface area contributed by atoms with E-state index < -0.39 is 6.04 Å². The molecule has 0 aliphatic heterocycles. The van der Waals surface area contributed by atoms with E-state index >= 15 is 0 Å². The van der Waals surface area contributed by atoms with E-state index in [1.165, 1.54) is 0 Å². The van der Waals surface area contributed by atoms with Crippen LogP contribution in [0.5, 0.6) is 11.5 Å². The van der Waals surface area contributed by atoms with Gasteiger partial charge in [0.1, 0.15) is 17.5 Å². The SMILES string of the molecule is COc1ccc(C(=O)N[C@@H](C)c2nc(-c3ccc(OC)cc3)no2)cc1. The third-order valence-electron chi connectivity index (χ3n) is 3.86. The highest BCUT2D eigenvalue weighted by atomic mass is 16.5. The molecule has 26 heavy (non-hydrogen) atoms. The molecule has 0 radical (unpaired) electrons. The summed E-state index contributed by atoms with van der Waals surface area (Å²) in [6.45, 7) is 1.78. The quantitative estimate of drug-likeness (QED) is 0.732. The van der Waals surface area contributed by atoms with Crippen LogP contribution in [0.25, 0.3) is 11.4 Å². The molecule has 1 aromatic heterocycles. The van der Waals surface area contributed by atoms with Crippen molar-refractivity contribution in [1.82, 2.24) is 15.5 Å². The fraction of sp³-hybridized carbons (Fsp3) is 0.211. The summed E-state index contributed by atoms with van der Waals surface area (Å²) in [5.74, 6) is 1.99. The minimum absolute atomic E-state index is 0.232. The Morgan fingerprint density at radius 3 is 2.15 bits per heavy atom. The summed E-state index contributed by atoms with van der Waals surface area (Å²) in [5, 5.41) is 6.81. The molecular weight excluding hydrogens is 334 g/mol. The Kier molecular flexibility index (Phi) is 5.17. The lowest BCUT2D eigenvalue weighted by atomic mass is 10.2. The number of nitrogens with zero attached hydrogens (tertiary/aromatic N) is 2. The molecule has 0 fully saturated rings. The zero-order chi connectivity index (χ0) is 18.5. The van der Waals surface area contributed by atoms with Gasteiger partial charge in [0.15, 0.2) is 0 Å². The van der Waals surface area contributed by atoms with E-state index in [-0.39, 0.29) is 5.91 Å². The van der Waals surface area contributed by atoms with Gasteiger partial charge in [-0.05, 0) is 55.5 Å². The van der Waals surface area contributed by atoms with Crippen LogP contribution in [0.2, 0.25) is 0 Å². The maximum atomic E-state index is 12.3. The Hall–Kier alpha value is -3.35. The van der Waals surface area contributed by atoms with E-state index in [2.05, 4.69) is 15.5 Å². The van der Waals surface area contributed by atoms with E-state index in [1.807, 2.05) is 24.3 Å². The maximum Gasteiger partial charge on any atom is 0.251 e. The Balaban J connectivity index is 1.68. The molecule has 0 bridgehead atoms. The minimum Gasteiger partial charge on any atom is -0.497 e. The van der Waals surface area contributed by atoms with Gasteiger partial charge in [0, 0.05) is 11.1 Å². The van der Waals surface area contributed by atoms with Crippen molar-refractivity contribution in [1.29, 1.82) is 0 Å². The van der Waals surface area contributed by atoms with Gasteiger partial charge in [-0.25, -0.2) is 0 Å². The van der Waals surface area contributed by atoms with Crippen LogP contribution in [0.1, 0.15) is 29.2 Å². The second kappa shape index (κ2) is 7.69. The molecule has 3 aromatic rings. The molecule has 1 atom stereocenters. The number of methoxy groups -OCH3 is 2. The van der Waals surface area contributed by atoms with Gasteiger partial charge >= 0.3 is 0 Å². The topological polar surface area (TPSA) is 86.5 Å². The highest BCUT2D eigenvalue weighted by Gasteiger charge is 2.18. The summed E-state index contributed by atoms with van der Waals surface area (Å²) in [5.41, 5.74) is 1.32. The monoisotopic (exact) mass is 353 g/mol. The Morgan fingerprint density at radius 2 is 1.58 bits per heavy atom. The number of carbonyl (C=O) groups excluding carboxylic acids is 1. The molecule has 1 heterocycles. The highest BCUT2D eigenvalue weighted by molar-refractivity contribution is 5.94. The van der Waals surface area contributed by atoms with Crippen molar-refractivity contribution >= 4 is 5.91 Å². The largest absolute Gasteiger partial charge is 0.497 e. The van der Waals surface area contributed by atoms with Gasteiger partial charge in [-0.1, -0.05) is 5.16 Å². The zero-order valence-electron chi connectivity index (χ0n) is 14.7. The van der Waals surface area contributed by atoms with Crippen molar-refractivity contribution in [2.45, 2.75) is 13.0 Å². The second-order valence-electron chi connectivity index (χ2n) is 5.61. The summed E-state index contributed by atoms with van der Waals surface area (Å²) >= 11 is 0. The van der Waals surface area contributed by atoms with E-state index in [4.69, 9.17) is 14.0 Å². The van der Waals surface area contributed by atoms with Crippen molar-refractivity contribution < 1.29 is 18.8 Å². The van der Waals surface area contributed by atoms with Gasteiger partial charge < -0.3 is 19.3 Å². The standard InChI is InChI=1S/C19H19N3O4/c1-12(20-18(23)14-6-10-16(25-3)11-7-14)19-21-17(22-26-19)13-4-8-15(24-2)9-5-13/h4-12H,1-3H3,(H,20,23)/t12-/m0/s1. The van der Waals surface area contributed by atoms with Crippen LogP contribution >= 0.6 is 0 Å². The molecule has 7 nitrogen and oxygen atoms in total. The van der Waals surface area contributed by atoms with E-state index in [9.17, 15) is 4.79 Å². The summed E-state index contributed by atoms with van der Waals surface area (Å²) in [6, 6.07) is 13.7. The first kappa shape index (κ1) is 17.5. The van der Waals surface area contributed by atoms with Crippen molar-refractivity contribution in [3.05, 3.63) is 60.0 Å². The number of aromatic nitrogens is 2. The Bertz CT molecular complexity index is 873. The minimum atomic E-state index is -0.427. The number of nitrogens with one attached hydrogen (secondary N) is 1. The predicted molar refractivity (Wildman–Crippen MR) is 95.2 cm³/mol. The van der Waals surface area contributed by atoms with Gasteiger partial charge in [0.2, 0.25) is 11.7 Å². The summed E-state index contributed by atoms with van der Waals surface area (Å²) in [4.78, 5) is 16.7. The first-order valence-corrected chi connectivity index (χ1v) is 8.03. The van der Waals surface area contributed by atoms with Crippen LogP contribution < -0.4 is 14.8 Å². The molecule has 1 N–H and O–H groups in total. The summed E-state index contributed by atoms with van der Waals surface area (Å²) in [7, 11) is 3.18. The maximum absolute atomic E-state index is 12.3. The third-order valence-corrected chi connectivity index (χ3v) is 3.86. The molecule has 0 aliphatic rings. The number of hydrogen-bond acceptors (Lipinski definition) is 6. The fourth-order valence-corrected chi connectivity index (χ4v) is 2.35. The van der Waals surface area contributed by atoms with Crippen LogP contribution in [0, 0.1) is 0 Å². The third kappa shape index (κ3) is 3.83. The normalized spacial score (nSPS) is 11.7. The molecule has 1 amide bonds. The average molecular weight is 353 g/mol. The van der Waals surface area contributed by atoms with E-state index in [1.54, 1.807) is 45.4 Å². The molecule has 0 unspecified atom stereocenters. The summed E-state index contributed by atoms with van der Waals surface area (Å²) < 4.78 is 15.5. The Labute approximate surface area is 150 Å². The molecule has 7 heteroatoms. The van der Waals surface area contributed by atoms with Crippen LogP contribution in [-0.4, -0.2) is 30.3 Å². The molecule has 0 saturated heterocycles. The van der Waals surface area contributed by atoms with Gasteiger partial charge in [-0.15, -0.1) is 0 Å².